The van der Waals surface area contributed by atoms with Crippen molar-refractivity contribution < 1.29 is 4.79 Å². The summed E-state index contributed by atoms with van der Waals surface area (Å²) in [5.74, 6) is -0.0204. The van der Waals surface area contributed by atoms with Gasteiger partial charge in [0.25, 0.3) is 5.91 Å². The normalized spacial score (nSPS) is 12.6. The Morgan fingerprint density at radius 3 is 2.50 bits per heavy atom. The SMILES string of the molecule is Cc1cccc(C)c1NC(=O)c1cccc2c1CCCN2.Cl. The first kappa shape index (κ1) is 16.4. The van der Waals surface area contributed by atoms with Crippen LogP contribution >= 0.6 is 12.4 Å². The van der Waals surface area contributed by atoms with Crippen molar-refractivity contribution >= 4 is 29.7 Å². The van der Waals surface area contributed by atoms with Crippen molar-refractivity contribution in [2.75, 3.05) is 17.2 Å². The minimum Gasteiger partial charge on any atom is -0.385 e. The predicted molar refractivity (Wildman–Crippen MR) is 94.4 cm³/mol. The van der Waals surface area contributed by atoms with Crippen LogP contribution in [0.5, 0.6) is 0 Å². The van der Waals surface area contributed by atoms with Crippen LogP contribution in [0.15, 0.2) is 36.4 Å². The molecule has 0 bridgehead atoms. The number of benzene rings is 2. The average Bonchev–Trinajstić information content (AvgIpc) is 2.50. The lowest BCUT2D eigenvalue weighted by Gasteiger charge is -2.21. The van der Waals surface area contributed by atoms with E-state index >= 15 is 0 Å². The largest absolute Gasteiger partial charge is 0.385 e. The Labute approximate surface area is 137 Å². The Kier molecular flexibility index (Phi) is 5.09. The lowest BCUT2D eigenvalue weighted by Crippen LogP contribution is -2.20. The first-order valence-electron chi connectivity index (χ1n) is 7.40. The molecule has 2 aromatic carbocycles. The molecule has 0 saturated carbocycles. The summed E-state index contributed by atoms with van der Waals surface area (Å²) >= 11 is 0. The van der Waals surface area contributed by atoms with E-state index in [4.69, 9.17) is 0 Å². The van der Waals surface area contributed by atoms with Crippen LogP contribution in [0.3, 0.4) is 0 Å². The highest BCUT2D eigenvalue weighted by Gasteiger charge is 2.18. The Bertz CT molecular complexity index is 677. The molecule has 22 heavy (non-hydrogen) atoms. The van der Waals surface area contributed by atoms with Crippen molar-refractivity contribution in [3.8, 4) is 0 Å². The van der Waals surface area contributed by atoms with E-state index < -0.39 is 0 Å². The monoisotopic (exact) mass is 316 g/mol. The van der Waals surface area contributed by atoms with Crippen molar-refractivity contribution in [2.24, 2.45) is 0 Å². The van der Waals surface area contributed by atoms with E-state index in [-0.39, 0.29) is 18.3 Å². The number of halogens is 1. The van der Waals surface area contributed by atoms with Gasteiger partial charge in [0, 0.05) is 23.5 Å². The second kappa shape index (κ2) is 6.84. The summed E-state index contributed by atoms with van der Waals surface area (Å²) in [5.41, 5.74) is 6.10. The molecule has 0 fully saturated rings. The quantitative estimate of drug-likeness (QED) is 0.865. The topological polar surface area (TPSA) is 41.1 Å². The summed E-state index contributed by atoms with van der Waals surface area (Å²) in [7, 11) is 0. The molecule has 116 valence electrons. The van der Waals surface area contributed by atoms with Crippen LogP contribution in [0.1, 0.15) is 33.5 Å². The zero-order chi connectivity index (χ0) is 14.8. The molecule has 0 aliphatic carbocycles. The maximum Gasteiger partial charge on any atom is 0.256 e. The lowest BCUT2D eigenvalue weighted by atomic mass is 9.97. The molecule has 1 aliphatic heterocycles. The number of anilines is 2. The third-order valence-corrected chi connectivity index (χ3v) is 4.06. The van der Waals surface area contributed by atoms with Gasteiger partial charge >= 0.3 is 0 Å². The molecule has 0 unspecified atom stereocenters. The zero-order valence-electron chi connectivity index (χ0n) is 12.9. The van der Waals surface area contributed by atoms with E-state index in [1.54, 1.807) is 0 Å². The molecule has 0 saturated heterocycles. The summed E-state index contributed by atoms with van der Waals surface area (Å²) in [6, 6.07) is 11.9. The molecular weight excluding hydrogens is 296 g/mol. The average molecular weight is 317 g/mol. The Morgan fingerprint density at radius 1 is 1.09 bits per heavy atom. The molecule has 3 rings (SSSR count). The van der Waals surface area contributed by atoms with Gasteiger partial charge in [-0.2, -0.15) is 0 Å². The van der Waals surface area contributed by atoms with Crippen molar-refractivity contribution in [3.63, 3.8) is 0 Å². The third kappa shape index (κ3) is 3.09. The van der Waals surface area contributed by atoms with Crippen molar-refractivity contribution in [2.45, 2.75) is 26.7 Å². The number of hydrogen-bond donors (Lipinski definition) is 2. The van der Waals surface area contributed by atoms with E-state index in [2.05, 4.69) is 10.6 Å². The van der Waals surface area contributed by atoms with Gasteiger partial charge in [0.05, 0.1) is 0 Å². The number of carbonyl (C=O) groups excluding carboxylic acids is 1. The van der Waals surface area contributed by atoms with Crippen LogP contribution < -0.4 is 10.6 Å². The smallest absolute Gasteiger partial charge is 0.256 e. The van der Waals surface area contributed by atoms with E-state index in [0.29, 0.717) is 0 Å². The van der Waals surface area contributed by atoms with E-state index in [9.17, 15) is 4.79 Å². The van der Waals surface area contributed by atoms with Crippen LogP contribution in [0.25, 0.3) is 0 Å². The Hall–Kier alpha value is -2.00. The van der Waals surface area contributed by atoms with Crippen LogP contribution in [0.2, 0.25) is 0 Å². The van der Waals surface area contributed by atoms with E-state index in [0.717, 1.165) is 53.0 Å². The van der Waals surface area contributed by atoms with Crippen LogP contribution in [0, 0.1) is 13.8 Å². The number of rotatable bonds is 2. The zero-order valence-corrected chi connectivity index (χ0v) is 13.7. The minimum atomic E-state index is -0.0204. The molecule has 0 spiro atoms. The Morgan fingerprint density at radius 2 is 1.77 bits per heavy atom. The first-order valence-corrected chi connectivity index (χ1v) is 7.40. The molecule has 3 nitrogen and oxygen atoms in total. The van der Waals surface area contributed by atoms with Gasteiger partial charge in [0.15, 0.2) is 0 Å². The predicted octanol–water partition coefficient (Wildman–Crippen LogP) is 4.34. The molecule has 2 N–H and O–H groups in total. The van der Waals surface area contributed by atoms with E-state index in [1.807, 2.05) is 50.2 Å². The molecule has 0 aromatic heterocycles. The molecule has 2 aromatic rings. The maximum absolute atomic E-state index is 12.7. The van der Waals surface area contributed by atoms with Crippen LogP contribution in [0.4, 0.5) is 11.4 Å². The van der Waals surface area contributed by atoms with Gasteiger partial charge < -0.3 is 10.6 Å². The second-order valence-electron chi connectivity index (χ2n) is 5.58. The number of carbonyl (C=O) groups is 1. The Balaban J connectivity index is 0.00000176. The standard InChI is InChI=1S/C18H20N2O.ClH/c1-12-6-3-7-13(2)17(12)20-18(21)15-8-4-10-16-14(15)9-5-11-19-16;/h3-4,6-8,10,19H,5,9,11H2,1-2H3,(H,20,21);1H. The van der Waals surface area contributed by atoms with Crippen molar-refractivity contribution in [3.05, 3.63) is 58.7 Å². The van der Waals surface area contributed by atoms with Gasteiger partial charge in [-0.3, -0.25) is 4.79 Å². The lowest BCUT2D eigenvalue weighted by molar-refractivity contribution is 0.102. The van der Waals surface area contributed by atoms with Crippen LogP contribution in [-0.4, -0.2) is 12.5 Å². The fourth-order valence-corrected chi connectivity index (χ4v) is 2.92. The summed E-state index contributed by atoms with van der Waals surface area (Å²) in [6.45, 7) is 5.02. The highest BCUT2D eigenvalue weighted by Crippen LogP contribution is 2.27. The summed E-state index contributed by atoms with van der Waals surface area (Å²) < 4.78 is 0. The van der Waals surface area contributed by atoms with Crippen molar-refractivity contribution in [1.82, 2.24) is 0 Å². The molecule has 1 aliphatic rings. The first-order chi connectivity index (χ1) is 10.2. The van der Waals surface area contributed by atoms with Gasteiger partial charge in [-0.05, 0) is 55.5 Å². The number of aryl methyl sites for hydroxylation is 2. The summed E-state index contributed by atoms with van der Waals surface area (Å²) in [4.78, 5) is 12.7. The molecule has 1 amide bonds. The van der Waals surface area contributed by atoms with Gasteiger partial charge in [-0.15, -0.1) is 12.4 Å². The number of amides is 1. The number of hydrogen-bond acceptors (Lipinski definition) is 2. The van der Waals surface area contributed by atoms with Gasteiger partial charge in [-0.1, -0.05) is 24.3 Å². The fourth-order valence-electron chi connectivity index (χ4n) is 2.92. The third-order valence-electron chi connectivity index (χ3n) is 4.06. The highest BCUT2D eigenvalue weighted by atomic mass is 35.5. The second-order valence-corrected chi connectivity index (χ2v) is 5.58. The molecule has 0 radical (unpaired) electrons. The molecule has 1 heterocycles. The molecule has 4 heteroatoms. The van der Waals surface area contributed by atoms with Gasteiger partial charge in [-0.25, -0.2) is 0 Å². The van der Waals surface area contributed by atoms with Crippen molar-refractivity contribution in [1.29, 1.82) is 0 Å². The number of nitrogens with one attached hydrogen (secondary N) is 2. The minimum absolute atomic E-state index is 0. The number of para-hydroxylation sites is 1. The van der Waals surface area contributed by atoms with Gasteiger partial charge in [0.1, 0.15) is 0 Å². The maximum atomic E-state index is 12.7. The molecule has 0 atom stereocenters. The van der Waals surface area contributed by atoms with E-state index in [1.165, 1.54) is 0 Å². The van der Waals surface area contributed by atoms with Crippen LogP contribution in [-0.2, 0) is 6.42 Å². The fraction of sp³-hybridized carbons (Fsp3) is 0.278. The number of fused-ring (bicyclic) bond motifs is 1. The summed E-state index contributed by atoms with van der Waals surface area (Å²) in [6.07, 6.45) is 2.03. The van der Waals surface area contributed by atoms with Gasteiger partial charge in [0.2, 0.25) is 0 Å². The summed E-state index contributed by atoms with van der Waals surface area (Å²) in [5, 5.41) is 6.44. The molecular formula is C18H21ClN2O. The highest BCUT2D eigenvalue weighted by molar-refractivity contribution is 6.07.